The topological polar surface area (TPSA) is 16.2 Å². The Bertz CT molecular complexity index is 3990. The van der Waals surface area contributed by atoms with Gasteiger partial charge in [-0.3, -0.25) is 0 Å². The van der Waals surface area contributed by atoms with E-state index in [9.17, 15) is 0 Å². The molecule has 1 aliphatic carbocycles. The highest BCUT2D eigenvalue weighted by Gasteiger charge is 2.38. The number of hydrogen-bond acceptors (Lipinski definition) is 5. The fourth-order valence-corrected chi connectivity index (χ4v) is 12.1. The maximum Gasteiger partial charge on any atom is 0.0703 e. The highest BCUT2D eigenvalue weighted by Crippen LogP contribution is 2.58. The zero-order valence-corrected chi connectivity index (χ0v) is 46.0. The van der Waals surface area contributed by atoms with Crippen molar-refractivity contribution >= 4 is 91.8 Å². The molecule has 5 nitrogen and oxygen atoms in total. The smallest absolute Gasteiger partial charge is 0.0703 e. The van der Waals surface area contributed by atoms with Crippen LogP contribution in [0.5, 0.6) is 0 Å². The molecular formula is C75H63N5. The van der Waals surface area contributed by atoms with Crippen molar-refractivity contribution in [2.24, 2.45) is 0 Å². The van der Waals surface area contributed by atoms with Gasteiger partial charge in [-0.05, 0) is 160 Å². The Hall–Kier alpha value is -9.84. The Morgan fingerprint density at radius 3 is 1.19 bits per heavy atom. The van der Waals surface area contributed by atoms with E-state index < -0.39 is 0 Å². The molecule has 0 saturated carbocycles. The van der Waals surface area contributed by atoms with E-state index >= 15 is 0 Å². The van der Waals surface area contributed by atoms with Crippen molar-refractivity contribution < 1.29 is 0 Å². The molecule has 0 aromatic heterocycles. The summed E-state index contributed by atoms with van der Waals surface area (Å²) in [6, 6.07) is 97.0. The van der Waals surface area contributed by atoms with Crippen LogP contribution in [-0.2, 0) is 5.41 Å². The Labute approximate surface area is 471 Å². The average molecular weight is 1030 g/mol. The van der Waals surface area contributed by atoms with Gasteiger partial charge in [0.05, 0.1) is 45.5 Å². The zero-order chi connectivity index (χ0) is 54.3. The second-order valence-corrected chi connectivity index (χ2v) is 21.4. The maximum absolute atomic E-state index is 2.44. The van der Waals surface area contributed by atoms with Crippen LogP contribution in [-0.4, -0.2) is 7.05 Å². The molecule has 0 N–H and O–H groups in total. The van der Waals surface area contributed by atoms with Gasteiger partial charge in [0.1, 0.15) is 0 Å². The molecular weight excluding hydrogens is 971 g/mol. The molecule has 0 amide bonds. The Kier molecular flexibility index (Phi) is 13.0. The van der Waals surface area contributed by atoms with Crippen LogP contribution in [0.25, 0.3) is 34.4 Å². The van der Waals surface area contributed by atoms with E-state index in [-0.39, 0.29) is 5.41 Å². The Morgan fingerprint density at radius 2 is 0.713 bits per heavy atom. The zero-order valence-electron chi connectivity index (χ0n) is 46.0. The first-order valence-corrected chi connectivity index (χ1v) is 28.0. The number of fused-ring (bicyclic) bond motifs is 7. The van der Waals surface area contributed by atoms with E-state index in [1.807, 2.05) is 0 Å². The van der Waals surface area contributed by atoms with Crippen LogP contribution in [0.1, 0.15) is 56.4 Å². The van der Waals surface area contributed by atoms with E-state index in [0.717, 1.165) is 96.3 Å². The van der Waals surface area contributed by atoms with E-state index in [1.165, 1.54) is 34.2 Å². The van der Waals surface area contributed by atoms with Crippen molar-refractivity contribution in [1.29, 1.82) is 0 Å². The number of para-hydroxylation sites is 11. The number of rotatable bonds is 9. The summed E-state index contributed by atoms with van der Waals surface area (Å²) in [4.78, 5) is 11.9. The lowest BCUT2D eigenvalue weighted by atomic mass is 9.81. The van der Waals surface area contributed by atoms with Crippen molar-refractivity contribution in [3.63, 3.8) is 0 Å². The first kappa shape index (κ1) is 49.7. The lowest BCUT2D eigenvalue weighted by molar-refractivity contribution is 0.660. The summed E-state index contributed by atoms with van der Waals surface area (Å²) in [5.74, 6) is 0. The minimum absolute atomic E-state index is 0.225. The first-order chi connectivity index (χ1) is 39.3. The Morgan fingerprint density at radius 1 is 0.338 bits per heavy atom. The van der Waals surface area contributed by atoms with Crippen molar-refractivity contribution in [1.82, 2.24) is 0 Å². The maximum atomic E-state index is 2.44. The highest BCUT2D eigenvalue weighted by molar-refractivity contribution is 6.04. The monoisotopic (exact) mass is 1030 g/mol. The molecule has 0 spiro atoms. The molecule has 0 radical (unpaired) electrons. The van der Waals surface area contributed by atoms with Gasteiger partial charge in [-0.25, -0.2) is 0 Å². The number of benzene rings is 11. The molecule has 5 heteroatoms. The third-order valence-corrected chi connectivity index (χ3v) is 15.8. The molecule has 0 atom stereocenters. The minimum Gasteiger partial charge on any atom is -0.344 e. The molecule has 0 unspecified atom stereocenters. The third-order valence-electron chi connectivity index (χ3n) is 15.8. The summed E-state index contributed by atoms with van der Waals surface area (Å²) >= 11 is 0. The third kappa shape index (κ3) is 8.68. The van der Waals surface area contributed by atoms with Gasteiger partial charge in [0, 0.05) is 52.2 Å². The van der Waals surface area contributed by atoms with Crippen LogP contribution < -0.4 is 24.5 Å². The van der Waals surface area contributed by atoms with Crippen LogP contribution in [0.15, 0.2) is 267 Å². The number of hydrogen-bond donors (Lipinski definition) is 0. The quantitative estimate of drug-likeness (QED) is 0.134. The van der Waals surface area contributed by atoms with Gasteiger partial charge in [0.15, 0.2) is 0 Å². The molecule has 3 aliphatic rings. The molecule has 0 fully saturated rings. The number of nitrogens with zero attached hydrogens (tertiary/aromatic N) is 5. The van der Waals surface area contributed by atoms with Gasteiger partial charge in [-0.15, -0.1) is 0 Å². The summed E-state index contributed by atoms with van der Waals surface area (Å²) in [5, 5.41) is 0. The van der Waals surface area contributed by atoms with Gasteiger partial charge < -0.3 is 24.5 Å². The van der Waals surface area contributed by atoms with Crippen molar-refractivity contribution in [3.8, 4) is 22.3 Å². The summed E-state index contributed by atoms with van der Waals surface area (Å²) in [7, 11) is 2.17. The van der Waals surface area contributed by atoms with E-state index in [1.54, 1.807) is 0 Å². The van der Waals surface area contributed by atoms with Crippen LogP contribution in [0.4, 0.5) is 79.6 Å². The van der Waals surface area contributed by atoms with Crippen molar-refractivity contribution in [3.05, 3.63) is 289 Å². The van der Waals surface area contributed by atoms with Crippen LogP contribution in [0.3, 0.4) is 0 Å². The van der Waals surface area contributed by atoms with Crippen LogP contribution >= 0.6 is 0 Å². The molecule has 11 aromatic carbocycles. The predicted octanol–water partition coefficient (Wildman–Crippen LogP) is 21.5. The van der Waals surface area contributed by atoms with Gasteiger partial charge >= 0.3 is 0 Å². The van der Waals surface area contributed by atoms with E-state index in [0.29, 0.717) is 0 Å². The first-order valence-electron chi connectivity index (χ1n) is 28.0. The average Bonchev–Trinajstić information content (AvgIpc) is 3.78. The second kappa shape index (κ2) is 20.8. The normalized spacial score (nSPS) is 13.3. The van der Waals surface area contributed by atoms with E-state index in [2.05, 4.69) is 338 Å². The summed E-state index contributed by atoms with van der Waals surface area (Å²) in [6.45, 7) is 9.01. The lowest BCUT2D eigenvalue weighted by Gasteiger charge is -2.40. The molecule has 14 rings (SSSR count). The summed E-state index contributed by atoms with van der Waals surface area (Å²) < 4.78 is 0. The molecule has 80 heavy (non-hydrogen) atoms. The predicted molar refractivity (Wildman–Crippen MR) is 341 cm³/mol. The van der Waals surface area contributed by atoms with Gasteiger partial charge in [0.2, 0.25) is 0 Å². The lowest BCUT2D eigenvalue weighted by Crippen LogP contribution is -2.24. The molecule has 0 bridgehead atoms. The fourth-order valence-electron chi connectivity index (χ4n) is 12.1. The molecule has 388 valence electrons. The minimum atomic E-state index is -0.225. The molecule has 2 aliphatic heterocycles. The van der Waals surface area contributed by atoms with Crippen molar-refractivity contribution in [2.45, 2.75) is 39.5 Å². The molecule has 2 heterocycles. The van der Waals surface area contributed by atoms with Gasteiger partial charge in [-0.1, -0.05) is 192 Å². The second-order valence-electron chi connectivity index (χ2n) is 21.4. The van der Waals surface area contributed by atoms with Gasteiger partial charge in [-0.2, -0.15) is 0 Å². The summed E-state index contributed by atoms with van der Waals surface area (Å²) in [5.41, 5.74) is 25.5. The fraction of sp³-hybridized carbons (Fsp3) is 0.0933. The highest BCUT2D eigenvalue weighted by atomic mass is 15.3. The van der Waals surface area contributed by atoms with Crippen molar-refractivity contribution in [2.75, 3.05) is 31.5 Å². The molecule has 11 aromatic rings. The SMILES string of the molecule is CCC.CN(c1ccccc1)c1ccc(N2c3ccccc3N(c3ccccc3)c3ccccc32)cc1-c1cccc(/C=C/c2ccc3c(c2)C(C)(C)c2cc(N4c5ccccc5N(c5ccccc5)c5ccccc54)ccc2-3)c1. The number of anilines is 14. The van der Waals surface area contributed by atoms with Crippen LogP contribution in [0, 0.1) is 0 Å². The van der Waals surface area contributed by atoms with Crippen LogP contribution in [0.2, 0.25) is 0 Å². The largest absolute Gasteiger partial charge is 0.344 e. The summed E-state index contributed by atoms with van der Waals surface area (Å²) in [6.07, 6.45) is 5.79. The van der Waals surface area contributed by atoms with Gasteiger partial charge in [0.25, 0.3) is 0 Å². The molecule has 0 saturated heterocycles. The Balaban J connectivity index is 0.00000197. The van der Waals surface area contributed by atoms with E-state index in [4.69, 9.17) is 0 Å². The standard InChI is InChI=1S/C72H55N5.C3H8/c1-72(2)61-47-51(40-43-58(61)59-44-41-57(49-62(59)72)77-70-36-19-15-32-66(70)75(55-28-11-6-12-29-55)67-33-16-20-37-71(67)77)39-38-50-22-21-23-52(46-50)60-48-56(42-45-63(60)73(3)53-24-7-4-8-25-53)76-68-34-17-13-30-64(68)74(54-26-9-5-10-27-54)65-31-14-18-35-69(65)76;1-3-2/h4-49H,1-3H3;3H2,1-2H3/b39-38+;.